The normalized spacial score (nSPS) is 14.3. The van der Waals surface area contributed by atoms with Crippen LogP contribution in [0.1, 0.15) is 109 Å². The van der Waals surface area contributed by atoms with E-state index in [1.165, 1.54) is 25.8 Å². The summed E-state index contributed by atoms with van der Waals surface area (Å²) in [5, 5.41) is 4.91. The maximum absolute atomic E-state index is 13.4. The number of aryl methyl sites for hydroxylation is 2. The lowest BCUT2D eigenvalue weighted by atomic mass is 10.0. The maximum Gasteiger partial charge on any atom is 0.263 e. The van der Waals surface area contributed by atoms with Gasteiger partial charge in [0.25, 0.3) is 11.1 Å². The molecule has 4 heterocycles. The second-order valence-corrected chi connectivity index (χ2v) is 20.6. The summed E-state index contributed by atoms with van der Waals surface area (Å²) in [6.45, 7) is 10.4. The number of nitrogen functional groups attached to an aromatic ring is 1. The van der Waals surface area contributed by atoms with Gasteiger partial charge >= 0.3 is 0 Å². The van der Waals surface area contributed by atoms with Gasteiger partial charge in [-0.05, 0) is 141 Å². The molecule has 2 fully saturated rings. The van der Waals surface area contributed by atoms with Crippen molar-refractivity contribution in [2.75, 3.05) is 95.6 Å². The fourth-order valence-electron chi connectivity index (χ4n) is 9.30. The molecular weight excluding hydrogens is 917 g/mol. The summed E-state index contributed by atoms with van der Waals surface area (Å²) in [6.07, 6.45) is 12.7. The molecule has 0 spiro atoms. The first-order chi connectivity index (χ1) is 33.8. The molecule has 2 aliphatic rings. The van der Waals surface area contributed by atoms with Crippen LogP contribution in [0.5, 0.6) is 0 Å². The Bertz CT molecular complexity index is 2980. The van der Waals surface area contributed by atoms with E-state index >= 15 is 0 Å². The van der Waals surface area contributed by atoms with E-state index in [1.54, 1.807) is 35.4 Å². The number of hydrogen-bond donors (Lipinski definition) is 2. The number of rotatable bonds is 15. The number of nitrogens with two attached hydrogens (primary N) is 1. The van der Waals surface area contributed by atoms with Crippen molar-refractivity contribution in [1.82, 2.24) is 38.9 Å². The minimum absolute atomic E-state index is 0.0386. The zero-order valence-corrected chi connectivity index (χ0v) is 44.2. The predicted molar refractivity (Wildman–Crippen MR) is 289 cm³/mol. The summed E-state index contributed by atoms with van der Waals surface area (Å²) in [6, 6.07) is 16.2. The van der Waals surface area contributed by atoms with Crippen molar-refractivity contribution in [2.45, 2.75) is 96.3 Å². The third-order valence-electron chi connectivity index (χ3n) is 13.4. The van der Waals surface area contributed by atoms with E-state index in [-0.39, 0.29) is 51.1 Å². The van der Waals surface area contributed by atoms with E-state index in [1.807, 2.05) is 36.4 Å². The second-order valence-electron chi connectivity index (χ2n) is 19.3. The topological polar surface area (TPSA) is 198 Å². The number of anilines is 5. The number of hydrogen-bond acceptors (Lipinski definition) is 15. The van der Waals surface area contributed by atoms with Gasteiger partial charge in [-0.3, -0.25) is 32.5 Å². The Balaban J connectivity index is 0.000000192. The molecule has 0 bridgehead atoms. The average Bonchev–Trinajstić information content (AvgIpc) is 4.07. The van der Waals surface area contributed by atoms with E-state index in [9.17, 15) is 23.4 Å². The third-order valence-corrected chi connectivity index (χ3v) is 14.1. The number of ketones is 2. The van der Waals surface area contributed by atoms with Crippen LogP contribution in [0.4, 0.5) is 28.7 Å². The molecule has 1 atom stereocenters. The van der Waals surface area contributed by atoms with Gasteiger partial charge in [0.1, 0.15) is 11.3 Å². The molecule has 2 saturated carbocycles. The molecule has 8 rings (SSSR count). The smallest absolute Gasteiger partial charge is 0.263 e. The molecule has 4 aromatic heterocycles. The molecule has 380 valence electrons. The van der Waals surface area contributed by atoms with Crippen LogP contribution < -0.4 is 32.0 Å². The van der Waals surface area contributed by atoms with Crippen LogP contribution in [0, 0.1) is 13.8 Å². The van der Waals surface area contributed by atoms with E-state index < -0.39 is 10.8 Å². The number of carbonyl (C=O) groups excluding carboxylic acids is 2. The van der Waals surface area contributed by atoms with Crippen molar-refractivity contribution in [3.8, 4) is 0 Å². The van der Waals surface area contributed by atoms with Gasteiger partial charge in [-0.25, -0.2) is 15.0 Å². The van der Waals surface area contributed by atoms with Crippen molar-refractivity contribution < 1.29 is 13.8 Å². The lowest BCUT2D eigenvalue weighted by molar-refractivity contribution is 0.100. The molecule has 3 N–H and O–H groups in total. The van der Waals surface area contributed by atoms with Crippen molar-refractivity contribution in [3.05, 3.63) is 104 Å². The lowest BCUT2D eigenvalue weighted by Crippen LogP contribution is -2.30. The average molecular weight is 989 g/mol. The van der Waals surface area contributed by atoms with Gasteiger partial charge in [0, 0.05) is 105 Å². The Hall–Kier alpha value is -6.37. The van der Waals surface area contributed by atoms with E-state index in [2.05, 4.69) is 94.3 Å². The first kappa shape index (κ1) is 54.0. The molecule has 0 saturated heterocycles. The van der Waals surface area contributed by atoms with Crippen LogP contribution in [0.15, 0.2) is 75.7 Å². The third kappa shape index (κ3) is 13.1. The summed E-state index contributed by atoms with van der Waals surface area (Å²) < 4.78 is 15.1. The highest BCUT2D eigenvalue weighted by Gasteiger charge is 2.28. The number of pyridine rings is 2. The number of benzene rings is 2. The summed E-state index contributed by atoms with van der Waals surface area (Å²) in [4.78, 5) is 77.1. The largest absolute Gasteiger partial charge is 0.399 e. The van der Waals surface area contributed by atoms with Crippen molar-refractivity contribution in [3.63, 3.8) is 0 Å². The summed E-state index contributed by atoms with van der Waals surface area (Å²) >= 11 is 0. The van der Waals surface area contributed by atoms with Crippen LogP contribution in [0.25, 0.3) is 22.1 Å². The Morgan fingerprint density at radius 3 is 1.46 bits per heavy atom. The Kier molecular flexibility index (Phi) is 18.4. The molecule has 18 heteroatoms. The molecule has 2 aliphatic carbocycles. The van der Waals surface area contributed by atoms with E-state index in [0.29, 0.717) is 33.8 Å². The van der Waals surface area contributed by atoms with E-state index in [0.717, 1.165) is 100.0 Å². The number of nitrogens with zero attached hydrogens (tertiary/aromatic N) is 10. The highest BCUT2D eigenvalue weighted by Crippen LogP contribution is 2.33. The molecule has 71 heavy (non-hydrogen) atoms. The van der Waals surface area contributed by atoms with Gasteiger partial charge in [-0.15, -0.1) is 0 Å². The monoisotopic (exact) mass is 989 g/mol. The number of nitrogens with one attached hydrogen (secondary N) is 1. The fraction of sp³-hybridized carbons (Fsp3) is 0.472. The zero-order chi connectivity index (χ0) is 51.7. The number of aromatic nitrogens is 6. The van der Waals surface area contributed by atoms with Crippen molar-refractivity contribution in [1.29, 1.82) is 0 Å². The van der Waals surface area contributed by atoms with Gasteiger partial charge in [0.2, 0.25) is 11.1 Å². The first-order valence-corrected chi connectivity index (χ1v) is 26.0. The zero-order valence-electron chi connectivity index (χ0n) is 43.4. The molecule has 0 amide bonds. The van der Waals surface area contributed by atoms with Gasteiger partial charge in [-0.2, -0.15) is 4.98 Å². The lowest BCUT2D eigenvalue weighted by Gasteiger charge is -2.22. The van der Waals surface area contributed by atoms with Crippen LogP contribution >= 0.6 is 0 Å². The quantitative estimate of drug-likeness (QED) is 0.0580. The Morgan fingerprint density at radius 2 is 1.06 bits per heavy atom. The summed E-state index contributed by atoms with van der Waals surface area (Å²) in [5.41, 5.74) is 11.9. The van der Waals surface area contributed by atoms with Crippen LogP contribution in [0.2, 0.25) is 0 Å². The predicted octanol–water partition coefficient (Wildman–Crippen LogP) is 7.58. The van der Waals surface area contributed by atoms with Crippen molar-refractivity contribution in [2.24, 2.45) is 0 Å². The van der Waals surface area contributed by atoms with Crippen molar-refractivity contribution >= 4 is 73.1 Å². The minimum Gasteiger partial charge on any atom is -0.399 e. The van der Waals surface area contributed by atoms with Gasteiger partial charge in [0.05, 0.1) is 21.9 Å². The number of carbonyl (C=O) groups is 2. The SMILES string of the molecule is CC(=O)c1c(C)c2cnc(Nc3ccc(N(C)CCN(C)C)cc3)nc2n(C2CCCC2)c1=O.CC(=O)c1c(C)c2cnc(S(C)=O)nc2n(C2CCCC2)c1=O.CN(C)CCN(C)c1ccc(N)cc1. The summed E-state index contributed by atoms with van der Waals surface area (Å²) in [5.74, 6) is -0.0272. The minimum atomic E-state index is -1.33. The van der Waals surface area contributed by atoms with Gasteiger partial charge < -0.3 is 30.7 Å². The van der Waals surface area contributed by atoms with Gasteiger partial charge in [0.15, 0.2) is 11.6 Å². The maximum atomic E-state index is 13.4. The molecule has 0 aliphatic heterocycles. The number of likely N-dealkylation sites (N-methyl/N-ethyl adjacent to an activating group) is 4. The summed E-state index contributed by atoms with van der Waals surface area (Å²) in [7, 11) is 11.1. The van der Waals surface area contributed by atoms with Crippen LogP contribution in [0.3, 0.4) is 0 Å². The van der Waals surface area contributed by atoms with E-state index in [4.69, 9.17) is 10.7 Å². The molecular formula is C53H72N12O5S. The van der Waals surface area contributed by atoms with Crippen LogP contribution in [-0.4, -0.2) is 129 Å². The number of fused-ring (bicyclic) bond motifs is 2. The highest BCUT2D eigenvalue weighted by atomic mass is 32.2. The molecule has 6 aromatic rings. The first-order valence-electron chi connectivity index (χ1n) is 24.4. The Morgan fingerprint density at radius 1 is 0.648 bits per heavy atom. The highest BCUT2D eigenvalue weighted by molar-refractivity contribution is 7.84. The standard InChI is InChI=1S/C26H34N6O2.C16H19N3O3S.C11H19N3/c1-17-22-16-27-26(28-19-10-12-20(13-11-19)31(5)15-14-30(3)4)29-24(22)32(21-8-6-7-9-21)25(34)23(17)18(2)33;1-9-12-8-17-16(23(3)22)18-14(12)19(11-6-4-5-7-11)15(21)13(9)10(2)20;1-13(2)8-9-14(3)11-6-4-10(12)5-7-11/h10-13,16,21H,6-9,14-15H2,1-5H3,(H,27,28,29);8,11H,4-7H2,1-3H3;4-7H,8-9,12H2,1-3H3. The molecule has 2 aromatic carbocycles. The van der Waals surface area contributed by atoms with Crippen LogP contribution in [-0.2, 0) is 10.8 Å². The molecule has 17 nitrogen and oxygen atoms in total. The fourth-order valence-corrected chi connectivity index (χ4v) is 9.71. The Labute approximate surface area is 420 Å². The number of Topliss-reactive ketones (excluding diaryl/α,β-unsaturated/α-hetero) is 2. The second kappa shape index (κ2) is 24.2. The molecule has 0 radical (unpaired) electrons. The molecule has 1 unspecified atom stereocenters. The van der Waals surface area contributed by atoms with Gasteiger partial charge in [-0.1, -0.05) is 25.7 Å².